The maximum absolute atomic E-state index is 4.88. The van der Waals surface area contributed by atoms with Crippen LogP contribution >= 0.6 is 23.6 Å². The fourth-order valence-electron chi connectivity index (χ4n) is 0.762. The molecule has 0 aromatic carbocycles. The van der Waals surface area contributed by atoms with E-state index in [9.17, 15) is 0 Å². The van der Waals surface area contributed by atoms with Crippen LogP contribution in [0.15, 0.2) is 11.4 Å². The van der Waals surface area contributed by atoms with E-state index < -0.39 is 0 Å². The summed E-state index contributed by atoms with van der Waals surface area (Å²) in [6.45, 7) is 2.07. The summed E-state index contributed by atoms with van der Waals surface area (Å²) in [6.07, 6.45) is 1.89. The molecule has 0 fully saturated rings. The van der Waals surface area contributed by atoms with E-state index in [1.165, 1.54) is 10.4 Å². The topological polar surface area (TPSA) is 38.0 Å². The Bertz CT molecular complexity index is 317. The minimum atomic E-state index is 0.574. The van der Waals surface area contributed by atoms with E-state index in [-0.39, 0.29) is 0 Å². The molecule has 0 amide bonds. The Morgan fingerprint density at radius 3 is 3.00 bits per heavy atom. The molecule has 1 aromatic heterocycles. The van der Waals surface area contributed by atoms with Crippen molar-refractivity contribution in [3.8, 4) is 0 Å². The van der Waals surface area contributed by atoms with E-state index in [2.05, 4.69) is 34.2 Å². The highest BCUT2D eigenvalue weighted by Gasteiger charge is 1.98. The van der Waals surface area contributed by atoms with Crippen LogP contribution < -0.4 is 15.8 Å². The first-order chi connectivity index (χ1) is 6.24. The van der Waals surface area contributed by atoms with Crippen molar-refractivity contribution >= 4 is 34.9 Å². The summed E-state index contributed by atoms with van der Waals surface area (Å²) in [7, 11) is 1.77. The second-order valence-electron chi connectivity index (χ2n) is 2.46. The first-order valence-corrected chi connectivity index (χ1v) is 5.13. The number of hydrazine groups is 1. The number of hydrazone groups is 1. The molecule has 0 radical (unpaired) electrons. The minimum Gasteiger partial charge on any atom is -0.361 e. The second-order valence-corrected chi connectivity index (χ2v) is 3.82. The average Bonchev–Trinajstić information content (AvgIpc) is 2.52. The molecule has 0 atom stereocenters. The zero-order valence-electron chi connectivity index (χ0n) is 7.55. The average molecular weight is 214 g/mol. The number of rotatable bonds is 2. The number of nitrogens with one attached hydrogen (secondary N) is 3. The molecule has 0 spiro atoms. The fraction of sp³-hybridized carbons (Fsp3) is 0.250. The van der Waals surface area contributed by atoms with Crippen molar-refractivity contribution < 1.29 is 5.10 Å². The SMILES string of the molecule is CNC(=S)N[NH+]=Cc1sccc1C. The highest BCUT2D eigenvalue weighted by atomic mass is 32.1. The first kappa shape index (κ1) is 10.1. The van der Waals surface area contributed by atoms with Crippen LogP contribution in [0.1, 0.15) is 10.4 Å². The third kappa shape index (κ3) is 3.12. The zero-order chi connectivity index (χ0) is 9.68. The standard InChI is InChI=1S/C8H11N3S2/c1-6-3-4-13-7(6)5-10-11-8(12)9-2/h3-5H,1-2H3,(H2,9,11,12)/p+1. The third-order valence-corrected chi connectivity index (χ3v) is 2.79. The van der Waals surface area contributed by atoms with Gasteiger partial charge in [-0.05, 0) is 36.2 Å². The number of hydrogen-bond acceptors (Lipinski definition) is 2. The lowest BCUT2D eigenvalue weighted by Gasteiger charge is -1.93. The van der Waals surface area contributed by atoms with Gasteiger partial charge in [-0.1, -0.05) is 0 Å². The molecule has 13 heavy (non-hydrogen) atoms. The summed E-state index contributed by atoms with van der Waals surface area (Å²) in [6, 6.07) is 2.08. The number of hydrogen-bond donors (Lipinski definition) is 3. The predicted octanol–water partition coefficient (Wildman–Crippen LogP) is -0.435. The highest BCUT2D eigenvalue weighted by Crippen LogP contribution is 2.10. The van der Waals surface area contributed by atoms with Gasteiger partial charge < -0.3 is 5.32 Å². The Morgan fingerprint density at radius 2 is 2.46 bits per heavy atom. The van der Waals surface area contributed by atoms with Gasteiger partial charge in [-0.3, -0.25) is 0 Å². The smallest absolute Gasteiger partial charge is 0.223 e. The van der Waals surface area contributed by atoms with Crippen LogP contribution in [-0.2, 0) is 0 Å². The van der Waals surface area contributed by atoms with Gasteiger partial charge in [0.2, 0.25) is 11.3 Å². The van der Waals surface area contributed by atoms with Crippen molar-refractivity contribution in [1.82, 2.24) is 10.7 Å². The summed E-state index contributed by atoms with van der Waals surface area (Å²) in [5.74, 6) is 0. The van der Waals surface area contributed by atoms with E-state index in [1.807, 2.05) is 6.21 Å². The van der Waals surface area contributed by atoms with Gasteiger partial charge in [0.1, 0.15) is 0 Å². The molecule has 70 valence electrons. The molecule has 0 bridgehead atoms. The molecule has 0 aliphatic carbocycles. The lowest BCUT2D eigenvalue weighted by Crippen LogP contribution is -2.82. The number of thiocarbonyl (C=S) groups is 1. The summed E-state index contributed by atoms with van der Waals surface area (Å²) in [4.78, 5) is 1.20. The number of thiophene rings is 1. The predicted molar refractivity (Wildman–Crippen MR) is 60.0 cm³/mol. The van der Waals surface area contributed by atoms with Crippen molar-refractivity contribution in [3.05, 3.63) is 21.9 Å². The summed E-state index contributed by atoms with van der Waals surface area (Å²) >= 11 is 6.57. The zero-order valence-corrected chi connectivity index (χ0v) is 9.18. The van der Waals surface area contributed by atoms with Gasteiger partial charge in [-0.15, -0.1) is 21.9 Å². The Hall–Kier alpha value is -0.940. The monoisotopic (exact) mass is 214 g/mol. The van der Waals surface area contributed by atoms with E-state index in [0.29, 0.717) is 5.11 Å². The third-order valence-electron chi connectivity index (χ3n) is 1.52. The molecule has 0 saturated carbocycles. The molecule has 1 aromatic rings. The molecule has 1 rings (SSSR count). The molecule has 0 saturated heterocycles. The summed E-state index contributed by atoms with van der Waals surface area (Å²) < 4.78 is 0. The van der Waals surface area contributed by atoms with Gasteiger partial charge in [-0.25, -0.2) is 0 Å². The van der Waals surface area contributed by atoms with Gasteiger partial charge in [0.05, 0.1) is 4.88 Å². The molecular formula is C8H12N3S2+. The molecule has 0 aliphatic heterocycles. The van der Waals surface area contributed by atoms with Gasteiger partial charge in [0.25, 0.3) is 0 Å². The first-order valence-electron chi connectivity index (χ1n) is 3.84. The van der Waals surface area contributed by atoms with Crippen molar-refractivity contribution in [3.63, 3.8) is 0 Å². The molecule has 0 aliphatic rings. The molecule has 5 heteroatoms. The Morgan fingerprint density at radius 1 is 1.69 bits per heavy atom. The Labute approximate surface area is 86.9 Å². The van der Waals surface area contributed by atoms with Crippen LogP contribution in [-0.4, -0.2) is 18.4 Å². The van der Waals surface area contributed by atoms with Crippen LogP contribution in [0.25, 0.3) is 0 Å². The lowest BCUT2D eigenvalue weighted by atomic mass is 10.3. The van der Waals surface area contributed by atoms with Gasteiger partial charge in [-0.2, -0.15) is 0 Å². The maximum Gasteiger partial charge on any atom is 0.223 e. The van der Waals surface area contributed by atoms with Crippen molar-refractivity contribution in [1.29, 1.82) is 0 Å². The van der Waals surface area contributed by atoms with Crippen LogP contribution in [0.3, 0.4) is 0 Å². The van der Waals surface area contributed by atoms with Crippen molar-refractivity contribution in [2.45, 2.75) is 6.92 Å². The molecule has 3 nitrogen and oxygen atoms in total. The van der Waals surface area contributed by atoms with E-state index in [0.717, 1.165) is 0 Å². The van der Waals surface area contributed by atoms with E-state index in [4.69, 9.17) is 12.2 Å². The van der Waals surface area contributed by atoms with Crippen LogP contribution in [0.4, 0.5) is 0 Å². The molecule has 0 unspecified atom stereocenters. The Balaban J connectivity index is 2.50. The minimum absolute atomic E-state index is 0.574. The fourth-order valence-corrected chi connectivity index (χ4v) is 1.62. The van der Waals surface area contributed by atoms with Crippen LogP contribution in [0.5, 0.6) is 0 Å². The van der Waals surface area contributed by atoms with Gasteiger partial charge >= 0.3 is 0 Å². The largest absolute Gasteiger partial charge is 0.361 e. The maximum atomic E-state index is 4.88. The van der Waals surface area contributed by atoms with E-state index in [1.54, 1.807) is 18.4 Å². The highest BCUT2D eigenvalue weighted by molar-refractivity contribution is 7.80. The van der Waals surface area contributed by atoms with E-state index >= 15 is 0 Å². The number of aryl methyl sites for hydroxylation is 1. The van der Waals surface area contributed by atoms with Crippen molar-refractivity contribution in [2.24, 2.45) is 0 Å². The van der Waals surface area contributed by atoms with Crippen molar-refractivity contribution in [2.75, 3.05) is 7.05 Å². The second kappa shape index (κ2) is 4.94. The summed E-state index contributed by atoms with van der Waals surface area (Å²) in [5.41, 5.74) is 4.08. The molecular weight excluding hydrogens is 202 g/mol. The quantitative estimate of drug-likeness (QED) is 0.355. The Kier molecular flexibility index (Phi) is 3.85. The lowest BCUT2D eigenvalue weighted by molar-refractivity contribution is -0.500. The van der Waals surface area contributed by atoms with Gasteiger partial charge in [0.15, 0.2) is 0 Å². The molecule has 3 N–H and O–H groups in total. The normalized spacial score (nSPS) is 10.3. The molecule has 1 heterocycles. The van der Waals surface area contributed by atoms with Gasteiger partial charge in [0, 0.05) is 7.05 Å². The summed E-state index contributed by atoms with van der Waals surface area (Å²) in [5, 5.41) is 8.34. The van der Waals surface area contributed by atoms with Crippen LogP contribution in [0.2, 0.25) is 0 Å². The van der Waals surface area contributed by atoms with Crippen LogP contribution in [0, 0.1) is 6.92 Å².